The molecular weight excluding hydrogens is 248 g/mol. The Hall–Kier alpha value is -1.85. The lowest BCUT2D eigenvalue weighted by molar-refractivity contribution is 0.0693. The largest absolute Gasteiger partial charge is 0.477 e. The lowest BCUT2D eigenvalue weighted by atomic mass is 9.84. The van der Waals surface area contributed by atoms with E-state index in [0.717, 1.165) is 32.1 Å². The topological polar surface area (TPSA) is 92.2 Å². The van der Waals surface area contributed by atoms with Crippen molar-refractivity contribution in [2.24, 2.45) is 5.92 Å². The molecule has 2 rings (SSSR count). The molecule has 0 bridgehead atoms. The first-order chi connectivity index (χ1) is 9.02. The number of nitrogens with one attached hydrogen (secondary N) is 1. The number of rotatable bonds is 3. The molecule has 0 aliphatic heterocycles. The first-order valence-corrected chi connectivity index (χ1v) is 6.61. The summed E-state index contributed by atoms with van der Waals surface area (Å²) in [6, 6.07) is -0.00903. The molecule has 1 aromatic heterocycles. The number of aromatic amines is 1. The molecule has 1 fully saturated rings. The number of H-pyrrole nitrogens is 1. The van der Waals surface area contributed by atoms with Crippen molar-refractivity contribution in [2.45, 2.75) is 45.1 Å². The molecule has 19 heavy (non-hydrogen) atoms. The van der Waals surface area contributed by atoms with E-state index in [1.165, 1.54) is 10.8 Å². The molecule has 1 aliphatic rings. The molecule has 1 aliphatic carbocycles. The number of carboxylic acids is 1. The summed E-state index contributed by atoms with van der Waals surface area (Å²) in [6.45, 7) is 2.15. The number of carboxylic acid groups (broad SMARTS) is 1. The van der Waals surface area contributed by atoms with Gasteiger partial charge in [-0.05, 0) is 31.6 Å². The van der Waals surface area contributed by atoms with Crippen LogP contribution in [0, 0.1) is 5.92 Å². The number of aromatic nitrogens is 2. The first kappa shape index (κ1) is 13.6. The highest BCUT2D eigenvalue weighted by atomic mass is 16.4. The second kappa shape index (κ2) is 5.42. The highest BCUT2D eigenvalue weighted by Crippen LogP contribution is 2.32. The zero-order valence-corrected chi connectivity index (χ0v) is 10.9. The van der Waals surface area contributed by atoms with Gasteiger partial charge in [0.05, 0.1) is 0 Å². The summed E-state index contributed by atoms with van der Waals surface area (Å²) < 4.78 is 1.37. The van der Waals surface area contributed by atoms with E-state index in [4.69, 9.17) is 5.11 Å². The molecule has 0 saturated heterocycles. The minimum atomic E-state index is -1.31. The Morgan fingerprint density at radius 2 is 2.00 bits per heavy atom. The van der Waals surface area contributed by atoms with E-state index >= 15 is 0 Å². The minimum Gasteiger partial charge on any atom is -0.477 e. The van der Waals surface area contributed by atoms with E-state index in [-0.39, 0.29) is 11.6 Å². The molecule has 0 spiro atoms. The average Bonchev–Trinajstić information content (AvgIpc) is 2.38. The molecular formula is C13H18N2O4. The zero-order valence-electron chi connectivity index (χ0n) is 10.9. The predicted octanol–water partition coefficient (Wildman–Crippen LogP) is 1.38. The van der Waals surface area contributed by atoms with Crippen LogP contribution in [0.3, 0.4) is 0 Å². The smallest absolute Gasteiger partial charge is 0.342 e. The molecule has 0 unspecified atom stereocenters. The van der Waals surface area contributed by atoms with Gasteiger partial charge in [0.25, 0.3) is 5.56 Å². The van der Waals surface area contributed by atoms with Crippen molar-refractivity contribution in [1.82, 2.24) is 9.55 Å². The Bertz CT molecular complexity index is 579. The van der Waals surface area contributed by atoms with Crippen molar-refractivity contribution in [3.8, 4) is 0 Å². The van der Waals surface area contributed by atoms with Crippen molar-refractivity contribution in [2.75, 3.05) is 0 Å². The van der Waals surface area contributed by atoms with Gasteiger partial charge in [-0.2, -0.15) is 0 Å². The van der Waals surface area contributed by atoms with Gasteiger partial charge in [-0.1, -0.05) is 13.3 Å². The summed E-state index contributed by atoms with van der Waals surface area (Å²) in [4.78, 5) is 36.2. The zero-order chi connectivity index (χ0) is 14.0. The van der Waals surface area contributed by atoms with Crippen LogP contribution >= 0.6 is 0 Å². The summed E-state index contributed by atoms with van der Waals surface area (Å²) in [5.74, 6) is -0.620. The van der Waals surface area contributed by atoms with Gasteiger partial charge >= 0.3 is 11.7 Å². The summed E-state index contributed by atoms with van der Waals surface area (Å²) >= 11 is 0. The van der Waals surface area contributed by atoms with Gasteiger partial charge in [-0.3, -0.25) is 14.3 Å². The van der Waals surface area contributed by atoms with E-state index in [2.05, 4.69) is 11.9 Å². The van der Waals surface area contributed by atoms with Crippen LogP contribution in [0.1, 0.15) is 55.4 Å². The van der Waals surface area contributed by atoms with Gasteiger partial charge in [0, 0.05) is 12.2 Å². The lowest BCUT2D eigenvalue weighted by Crippen LogP contribution is -2.36. The van der Waals surface area contributed by atoms with Gasteiger partial charge in [-0.25, -0.2) is 9.59 Å². The molecule has 0 amide bonds. The molecule has 0 aromatic carbocycles. The van der Waals surface area contributed by atoms with Crippen LogP contribution < -0.4 is 11.2 Å². The van der Waals surface area contributed by atoms with Gasteiger partial charge in [0.1, 0.15) is 5.56 Å². The molecule has 1 heterocycles. The van der Waals surface area contributed by atoms with Crippen LogP contribution in [0.5, 0.6) is 0 Å². The fraction of sp³-hybridized carbons (Fsp3) is 0.615. The third-order valence-electron chi connectivity index (χ3n) is 3.99. The molecule has 0 radical (unpaired) electrons. The molecule has 0 atom stereocenters. The van der Waals surface area contributed by atoms with Gasteiger partial charge < -0.3 is 5.11 Å². The van der Waals surface area contributed by atoms with Crippen molar-refractivity contribution in [3.63, 3.8) is 0 Å². The quantitative estimate of drug-likeness (QED) is 0.864. The Balaban J connectivity index is 2.30. The molecule has 2 N–H and O–H groups in total. The normalized spacial score (nSPS) is 23.2. The second-order valence-corrected chi connectivity index (χ2v) is 5.10. The van der Waals surface area contributed by atoms with Crippen LogP contribution in [-0.2, 0) is 0 Å². The standard InChI is InChI=1S/C13H18N2O4/c1-2-8-3-5-9(6-4-8)15-7-10(12(17)18)11(16)14-13(15)19/h7-9H,2-6H2,1H3,(H,17,18)(H,14,16,19). The monoisotopic (exact) mass is 266 g/mol. The number of nitrogens with zero attached hydrogens (tertiary/aromatic N) is 1. The van der Waals surface area contributed by atoms with E-state index in [1.807, 2.05) is 0 Å². The SMILES string of the molecule is CCC1CCC(n2cc(C(=O)O)c(=O)[nH]c2=O)CC1. The van der Waals surface area contributed by atoms with Crippen molar-refractivity contribution in [3.05, 3.63) is 32.6 Å². The fourth-order valence-corrected chi connectivity index (χ4v) is 2.74. The Labute approximate surface area is 110 Å². The molecule has 6 nitrogen and oxygen atoms in total. The maximum absolute atomic E-state index is 11.8. The van der Waals surface area contributed by atoms with Crippen LogP contribution in [0.4, 0.5) is 0 Å². The first-order valence-electron chi connectivity index (χ1n) is 6.61. The van der Waals surface area contributed by atoms with Crippen LogP contribution in [0.2, 0.25) is 0 Å². The average molecular weight is 266 g/mol. The van der Waals surface area contributed by atoms with E-state index < -0.39 is 17.2 Å². The fourth-order valence-electron chi connectivity index (χ4n) is 2.74. The molecule has 1 aromatic rings. The minimum absolute atomic E-state index is 0.00903. The van der Waals surface area contributed by atoms with Gasteiger partial charge in [-0.15, -0.1) is 0 Å². The Morgan fingerprint density at radius 3 is 2.53 bits per heavy atom. The molecule has 104 valence electrons. The maximum atomic E-state index is 11.8. The Kier molecular flexibility index (Phi) is 3.87. The van der Waals surface area contributed by atoms with E-state index in [0.29, 0.717) is 5.92 Å². The van der Waals surface area contributed by atoms with Gasteiger partial charge in [0.15, 0.2) is 0 Å². The van der Waals surface area contributed by atoms with E-state index in [1.54, 1.807) is 0 Å². The third-order valence-corrected chi connectivity index (χ3v) is 3.99. The highest BCUT2D eigenvalue weighted by molar-refractivity contribution is 5.86. The van der Waals surface area contributed by atoms with Crippen LogP contribution in [0.15, 0.2) is 15.8 Å². The predicted molar refractivity (Wildman–Crippen MR) is 69.6 cm³/mol. The number of hydrogen-bond acceptors (Lipinski definition) is 3. The lowest BCUT2D eigenvalue weighted by Gasteiger charge is -2.28. The van der Waals surface area contributed by atoms with Crippen molar-refractivity contribution in [1.29, 1.82) is 0 Å². The van der Waals surface area contributed by atoms with Crippen molar-refractivity contribution < 1.29 is 9.90 Å². The summed E-state index contributed by atoms with van der Waals surface area (Å²) in [6.07, 6.45) is 6.09. The Morgan fingerprint density at radius 1 is 1.37 bits per heavy atom. The third kappa shape index (κ3) is 2.77. The number of carbonyl (C=O) groups is 1. The maximum Gasteiger partial charge on any atom is 0.342 e. The summed E-state index contributed by atoms with van der Waals surface area (Å²) in [5.41, 5.74) is -1.73. The van der Waals surface area contributed by atoms with E-state index in [9.17, 15) is 14.4 Å². The highest BCUT2D eigenvalue weighted by Gasteiger charge is 2.23. The number of aromatic carboxylic acids is 1. The summed E-state index contributed by atoms with van der Waals surface area (Å²) in [7, 11) is 0. The summed E-state index contributed by atoms with van der Waals surface area (Å²) in [5, 5.41) is 8.92. The number of hydrogen-bond donors (Lipinski definition) is 2. The second-order valence-electron chi connectivity index (χ2n) is 5.10. The van der Waals surface area contributed by atoms with Crippen LogP contribution in [0.25, 0.3) is 0 Å². The van der Waals surface area contributed by atoms with Crippen molar-refractivity contribution >= 4 is 5.97 Å². The van der Waals surface area contributed by atoms with Crippen LogP contribution in [-0.4, -0.2) is 20.6 Å². The molecule has 1 saturated carbocycles. The van der Waals surface area contributed by atoms with Gasteiger partial charge in [0.2, 0.25) is 0 Å². The molecule has 6 heteroatoms.